The topological polar surface area (TPSA) is 65.8 Å². The van der Waals surface area contributed by atoms with Crippen LogP contribution in [0.2, 0.25) is 0 Å². The van der Waals surface area contributed by atoms with E-state index in [1.807, 2.05) is 19.9 Å². The number of nitrogens with zero attached hydrogens (tertiary/aromatic N) is 5. The van der Waals surface area contributed by atoms with Gasteiger partial charge in [0.15, 0.2) is 5.65 Å². The van der Waals surface area contributed by atoms with Crippen LogP contribution in [-0.2, 0) is 0 Å². The molecule has 0 unspecified atom stereocenters. The number of benzene rings is 1. The Morgan fingerprint density at radius 3 is 2.62 bits per heavy atom. The molecule has 0 spiro atoms. The summed E-state index contributed by atoms with van der Waals surface area (Å²) < 4.78 is 1.72. The van der Waals surface area contributed by atoms with E-state index in [4.69, 9.17) is 0 Å². The van der Waals surface area contributed by atoms with Gasteiger partial charge in [0.25, 0.3) is 5.91 Å². The van der Waals surface area contributed by atoms with Crippen molar-refractivity contribution in [2.24, 2.45) is 0 Å². The maximum Gasteiger partial charge on any atom is 0.256 e. The standard InChI is InChI=1S/C22H28N6O/c1-17-15-18(2)28-21(25-17)20(16-24-28)22(29)23-9-6-10-26-11-13-27(14-12-26)19-7-4-3-5-8-19/h3-5,7-8,15-16H,6,9-14H2,1-2H3,(H,23,29). The van der Waals surface area contributed by atoms with Crippen molar-refractivity contribution in [3.63, 3.8) is 0 Å². The molecule has 152 valence electrons. The third-order valence-electron chi connectivity index (χ3n) is 5.45. The van der Waals surface area contributed by atoms with Crippen LogP contribution in [0.15, 0.2) is 42.6 Å². The second-order valence-electron chi connectivity index (χ2n) is 7.61. The quantitative estimate of drug-likeness (QED) is 0.652. The first-order chi connectivity index (χ1) is 14.1. The number of aryl methyl sites for hydroxylation is 2. The first-order valence-electron chi connectivity index (χ1n) is 10.2. The van der Waals surface area contributed by atoms with E-state index < -0.39 is 0 Å². The van der Waals surface area contributed by atoms with E-state index in [0.717, 1.165) is 50.5 Å². The predicted molar refractivity (Wildman–Crippen MR) is 115 cm³/mol. The molecule has 0 atom stereocenters. The second kappa shape index (κ2) is 8.61. The zero-order valence-electron chi connectivity index (χ0n) is 17.1. The minimum absolute atomic E-state index is 0.105. The molecule has 2 aromatic heterocycles. The summed E-state index contributed by atoms with van der Waals surface area (Å²) in [5.74, 6) is -0.105. The highest BCUT2D eigenvalue weighted by Gasteiger charge is 2.18. The van der Waals surface area contributed by atoms with E-state index in [1.165, 1.54) is 5.69 Å². The molecule has 1 amide bonds. The number of anilines is 1. The molecule has 3 heterocycles. The highest BCUT2D eigenvalue weighted by atomic mass is 16.1. The van der Waals surface area contributed by atoms with E-state index in [0.29, 0.717) is 17.8 Å². The van der Waals surface area contributed by atoms with Gasteiger partial charge in [0.1, 0.15) is 5.56 Å². The molecular formula is C22H28N6O. The molecule has 7 nitrogen and oxygen atoms in total. The minimum atomic E-state index is -0.105. The van der Waals surface area contributed by atoms with Gasteiger partial charge in [-0.25, -0.2) is 9.50 Å². The Hall–Kier alpha value is -2.93. The van der Waals surface area contributed by atoms with Crippen LogP contribution in [0.25, 0.3) is 5.65 Å². The molecule has 1 N–H and O–H groups in total. The number of fused-ring (bicyclic) bond motifs is 1. The number of hydrogen-bond donors (Lipinski definition) is 1. The summed E-state index contributed by atoms with van der Waals surface area (Å²) in [5.41, 5.74) is 4.32. The SMILES string of the molecule is Cc1cc(C)n2ncc(C(=O)NCCCN3CCN(c4ccccc4)CC3)c2n1. The number of rotatable bonds is 6. The van der Waals surface area contributed by atoms with Crippen molar-refractivity contribution in [3.05, 3.63) is 59.5 Å². The third kappa shape index (κ3) is 4.40. The maximum absolute atomic E-state index is 12.6. The number of hydrogen-bond acceptors (Lipinski definition) is 5. The smallest absolute Gasteiger partial charge is 0.256 e. The van der Waals surface area contributed by atoms with Crippen LogP contribution in [0.4, 0.5) is 5.69 Å². The van der Waals surface area contributed by atoms with Crippen LogP contribution >= 0.6 is 0 Å². The number of carbonyl (C=O) groups excluding carboxylic acids is 1. The summed E-state index contributed by atoms with van der Waals surface area (Å²) in [5, 5.41) is 7.32. The van der Waals surface area contributed by atoms with Gasteiger partial charge in [0.05, 0.1) is 6.20 Å². The summed E-state index contributed by atoms with van der Waals surface area (Å²) in [7, 11) is 0. The summed E-state index contributed by atoms with van der Waals surface area (Å²) in [6.45, 7) is 9.74. The fourth-order valence-corrected chi connectivity index (χ4v) is 3.90. The monoisotopic (exact) mass is 392 g/mol. The Morgan fingerprint density at radius 1 is 1.10 bits per heavy atom. The van der Waals surface area contributed by atoms with Crippen LogP contribution in [0.1, 0.15) is 28.2 Å². The molecule has 1 aliphatic rings. The number of para-hydroxylation sites is 1. The maximum atomic E-state index is 12.6. The van der Waals surface area contributed by atoms with Gasteiger partial charge < -0.3 is 10.2 Å². The summed E-state index contributed by atoms with van der Waals surface area (Å²) >= 11 is 0. The fraction of sp³-hybridized carbons (Fsp3) is 0.409. The van der Waals surface area contributed by atoms with Crippen molar-refractivity contribution in [3.8, 4) is 0 Å². The largest absolute Gasteiger partial charge is 0.369 e. The zero-order valence-corrected chi connectivity index (χ0v) is 17.1. The lowest BCUT2D eigenvalue weighted by Gasteiger charge is -2.36. The van der Waals surface area contributed by atoms with E-state index in [2.05, 4.69) is 55.5 Å². The first-order valence-corrected chi connectivity index (χ1v) is 10.2. The van der Waals surface area contributed by atoms with Crippen molar-refractivity contribution in [2.45, 2.75) is 20.3 Å². The van der Waals surface area contributed by atoms with Crippen molar-refractivity contribution in [2.75, 3.05) is 44.2 Å². The lowest BCUT2D eigenvalue weighted by molar-refractivity contribution is 0.0953. The Bertz CT molecular complexity index is 976. The molecule has 7 heteroatoms. The summed E-state index contributed by atoms with van der Waals surface area (Å²) in [4.78, 5) is 21.9. The van der Waals surface area contributed by atoms with Gasteiger partial charge in [-0.2, -0.15) is 5.10 Å². The van der Waals surface area contributed by atoms with Crippen molar-refractivity contribution < 1.29 is 4.79 Å². The zero-order chi connectivity index (χ0) is 20.2. The van der Waals surface area contributed by atoms with Gasteiger partial charge in [-0.1, -0.05) is 18.2 Å². The molecule has 1 aliphatic heterocycles. The van der Waals surface area contributed by atoms with Crippen LogP contribution < -0.4 is 10.2 Å². The normalized spacial score (nSPS) is 15.0. The molecule has 4 rings (SSSR count). The van der Waals surface area contributed by atoms with Crippen molar-refractivity contribution in [1.82, 2.24) is 24.8 Å². The van der Waals surface area contributed by atoms with E-state index in [9.17, 15) is 4.79 Å². The molecule has 3 aromatic rings. The van der Waals surface area contributed by atoms with Gasteiger partial charge in [0.2, 0.25) is 0 Å². The molecule has 0 radical (unpaired) electrons. The second-order valence-corrected chi connectivity index (χ2v) is 7.61. The Kier molecular flexibility index (Phi) is 5.76. The van der Waals surface area contributed by atoms with Crippen LogP contribution in [0, 0.1) is 13.8 Å². The molecule has 0 saturated carbocycles. The van der Waals surface area contributed by atoms with Crippen molar-refractivity contribution in [1.29, 1.82) is 0 Å². The number of aromatic nitrogens is 3. The van der Waals surface area contributed by atoms with Crippen molar-refractivity contribution >= 4 is 17.2 Å². The highest BCUT2D eigenvalue weighted by molar-refractivity contribution is 5.99. The molecule has 1 saturated heterocycles. The Morgan fingerprint density at radius 2 is 1.86 bits per heavy atom. The van der Waals surface area contributed by atoms with Crippen LogP contribution in [0.5, 0.6) is 0 Å². The molecule has 1 aromatic carbocycles. The number of carbonyl (C=O) groups is 1. The minimum Gasteiger partial charge on any atom is -0.369 e. The molecule has 1 fully saturated rings. The van der Waals surface area contributed by atoms with Gasteiger partial charge in [0, 0.05) is 49.8 Å². The average Bonchev–Trinajstić information content (AvgIpc) is 3.16. The number of piperazine rings is 1. The van der Waals surface area contributed by atoms with Crippen LogP contribution in [-0.4, -0.2) is 64.7 Å². The molecular weight excluding hydrogens is 364 g/mol. The summed E-state index contributed by atoms with van der Waals surface area (Å²) in [6, 6.07) is 12.5. The molecule has 0 bridgehead atoms. The van der Waals surface area contributed by atoms with E-state index >= 15 is 0 Å². The third-order valence-corrected chi connectivity index (χ3v) is 5.45. The molecule has 29 heavy (non-hydrogen) atoms. The first kappa shape index (κ1) is 19.4. The Labute approximate surface area is 171 Å². The fourth-order valence-electron chi connectivity index (χ4n) is 3.90. The average molecular weight is 393 g/mol. The van der Waals surface area contributed by atoms with Gasteiger partial charge in [-0.15, -0.1) is 0 Å². The lowest BCUT2D eigenvalue weighted by atomic mass is 10.2. The van der Waals surface area contributed by atoms with E-state index in [-0.39, 0.29) is 5.91 Å². The number of amides is 1. The highest BCUT2D eigenvalue weighted by Crippen LogP contribution is 2.15. The number of nitrogens with one attached hydrogen (secondary N) is 1. The van der Waals surface area contributed by atoms with Gasteiger partial charge in [-0.3, -0.25) is 9.69 Å². The summed E-state index contributed by atoms with van der Waals surface area (Å²) in [6.07, 6.45) is 2.54. The lowest BCUT2D eigenvalue weighted by Crippen LogP contribution is -2.47. The van der Waals surface area contributed by atoms with E-state index in [1.54, 1.807) is 10.7 Å². The predicted octanol–water partition coefficient (Wildman–Crippen LogP) is 2.29. The Balaban J connectivity index is 1.23. The molecule has 0 aliphatic carbocycles. The van der Waals surface area contributed by atoms with Gasteiger partial charge in [-0.05, 0) is 45.0 Å². The van der Waals surface area contributed by atoms with Crippen LogP contribution in [0.3, 0.4) is 0 Å². The van der Waals surface area contributed by atoms with Gasteiger partial charge >= 0.3 is 0 Å².